The van der Waals surface area contributed by atoms with E-state index in [9.17, 15) is 4.39 Å². The summed E-state index contributed by atoms with van der Waals surface area (Å²) in [6.45, 7) is 3.90. The summed E-state index contributed by atoms with van der Waals surface area (Å²) in [6.07, 6.45) is 4.69. The van der Waals surface area contributed by atoms with Crippen molar-refractivity contribution in [2.24, 2.45) is 0 Å². The minimum Gasteiger partial charge on any atom is -0.378 e. The fraction of sp³-hybridized carbons (Fsp3) is 0.308. The molecular weight excluding hydrogens is 217 g/mol. The molecule has 0 fully saturated rings. The first-order valence-corrected chi connectivity index (χ1v) is 5.79. The van der Waals surface area contributed by atoms with Crippen LogP contribution in [0.5, 0.6) is 0 Å². The predicted octanol–water partition coefficient (Wildman–Crippen LogP) is 3.04. The van der Waals surface area contributed by atoms with Crippen LogP contribution in [0.25, 0.3) is 0 Å². The minimum absolute atomic E-state index is 0.454. The lowest BCUT2D eigenvalue weighted by Gasteiger charge is -2.09. The lowest BCUT2D eigenvalue weighted by atomic mass is 10.3. The second-order valence-electron chi connectivity index (χ2n) is 3.92. The number of aromatic nitrogens is 2. The maximum atomic E-state index is 12.6. The fourth-order valence-electron chi connectivity index (χ4n) is 1.74. The number of hydrogen-bond donors (Lipinski definition) is 1. The summed E-state index contributed by atoms with van der Waals surface area (Å²) in [5.74, 6) is -0.454. The van der Waals surface area contributed by atoms with E-state index < -0.39 is 5.95 Å². The zero-order valence-electron chi connectivity index (χ0n) is 9.86. The van der Waals surface area contributed by atoms with Crippen LogP contribution in [0.1, 0.15) is 19.0 Å². The Hall–Kier alpha value is -1.84. The second-order valence-corrected chi connectivity index (χ2v) is 3.92. The SMILES string of the molecule is CCCn1cccc1CNc1ccc(F)nc1. The summed E-state index contributed by atoms with van der Waals surface area (Å²) >= 11 is 0. The fourth-order valence-corrected chi connectivity index (χ4v) is 1.74. The van der Waals surface area contributed by atoms with Crippen molar-refractivity contribution in [2.45, 2.75) is 26.4 Å². The van der Waals surface area contributed by atoms with Gasteiger partial charge in [-0.15, -0.1) is 0 Å². The Morgan fingerprint density at radius 1 is 1.35 bits per heavy atom. The van der Waals surface area contributed by atoms with Gasteiger partial charge in [0.1, 0.15) is 0 Å². The number of pyridine rings is 1. The zero-order chi connectivity index (χ0) is 12.1. The molecule has 0 atom stereocenters. The van der Waals surface area contributed by atoms with Crippen molar-refractivity contribution < 1.29 is 4.39 Å². The van der Waals surface area contributed by atoms with Crippen molar-refractivity contribution in [2.75, 3.05) is 5.32 Å². The van der Waals surface area contributed by atoms with E-state index in [1.165, 1.54) is 18.0 Å². The quantitative estimate of drug-likeness (QED) is 0.804. The van der Waals surface area contributed by atoms with E-state index in [1.54, 1.807) is 6.07 Å². The van der Waals surface area contributed by atoms with Crippen LogP contribution in [0.4, 0.5) is 10.1 Å². The molecule has 0 amide bonds. The Balaban J connectivity index is 1.97. The Kier molecular flexibility index (Phi) is 3.75. The summed E-state index contributed by atoms with van der Waals surface area (Å²) in [4.78, 5) is 3.60. The molecule has 0 aliphatic rings. The minimum atomic E-state index is -0.454. The predicted molar refractivity (Wildman–Crippen MR) is 66.2 cm³/mol. The average molecular weight is 233 g/mol. The molecule has 0 saturated carbocycles. The van der Waals surface area contributed by atoms with Crippen LogP contribution in [-0.2, 0) is 13.1 Å². The van der Waals surface area contributed by atoms with Crippen LogP contribution in [0.2, 0.25) is 0 Å². The summed E-state index contributed by atoms with van der Waals surface area (Å²) in [5, 5.41) is 3.22. The van der Waals surface area contributed by atoms with Gasteiger partial charge in [-0.25, -0.2) is 4.98 Å². The van der Waals surface area contributed by atoms with E-state index in [2.05, 4.69) is 34.1 Å². The number of rotatable bonds is 5. The Bertz CT molecular complexity index is 462. The first-order valence-electron chi connectivity index (χ1n) is 5.79. The maximum Gasteiger partial charge on any atom is 0.212 e. The van der Waals surface area contributed by atoms with Gasteiger partial charge in [0.15, 0.2) is 0 Å². The summed E-state index contributed by atoms with van der Waals surface area (Å²) < 4.78 is 14.8. The van der Waals surface area contributed by atoms with Gasteiger partial charge in [0.25, 0.3) is 0 Å². The first-order chi connectivity index (χ1) is 8.29. The van der Waals surface area contributed by atoms with Crippen molar-refractivity contribution in [3.05, 3.63) is 48.3 Å². The highest BCUT2D eigenvalue weighted by molar-refractivity contribution is 5.40. The topological polar surface area (TPSA) is 29.9 Å². The largest absolute Gasteiger partial charge is 0.378 e. The lowest BCUT2D eigenvalue weighted by Crippen LogP contribution is -2.07. The van der Waals surface area contributed by atoms with Crippen LogP contribution in [-0.4, -0.2) is 9.55 Å². The third kappa shape index (κ3) is 3.06. The van der Waals surface area contributed by atoms with E-state index in [0.29, 0.717) is 0 Å². The van der Waals surface area contributed by atoms with E-state index in [-0.39, 0.29) is 0 Å². The molecule has 0 unspecified atom stereocenters. The molecule has 0 spiro atoms. The number of halogens is 1. The van der Waals surface area contributed by atoms with Crippen molar-refractivity contribution >= 4 is 5.69 Å². The van der Waals surface area contributed by atoms with Gasteiger partial charge in [-0.3, -0.25) is 0 Å². The number of nitrogens with one attached hydrogen (secondary N) is 1. The average Bonchev–Trinajstić information content (AvgIpc) is 2.77. The number of anilines is 1. The van der Waals surface area contributed by atoms with E-state index in [4.69, 9.17) is 0 Å². The highest BCUT2D eigenvalue weighted by Gasteiger charge is 2.00. The second kappa shape index (κ2) is 5.48. The molecule has 4 heteroatoms. The zero-order valence-corrected chi connectivity index (χ0v) is 9.86. The van der Waals surface area contributed by atoms with Gasteiger partial charge in [-0.1, -0.05) is 6.92 Å². The molecule has 1 N–H and O–H groups in total. The molecule has 90 valence electrons. The number of hydrogen-bond acceptors (Lipinski definition) is 2. The van der Waals surface area contributed by atoms with Crippen LogP contribution >= 0.6 is 0 Å². The summed E-state index contributed by atoms with van der Waals surface area (Å²) in [5.41, 5.74) is 2.05. The van der Waals surface area contributed by atoms with Gasteiger partial charge in [0.05, 0.1) is 18.4 Å². The Labute approximate surface area is 100 Å². The molecule has 2 aromatic heterocycles. The maximum absolute atomic E-state index is 12.6. The number of aryl methyl sites for hydroxylation is 1. The molecule has 0 radical (unpaired) electrons. The highest BCUT2D eigenvalue weighted by atomic mass is 19.1. The smallest absolute Gasteiger partial charge is 0.212 e. The standard InChI is InChI=1S/C13H16FN3/c1-2-7-17-8-3-4-12(17)10-15-11-5-6-13(14)16-9-11/h3-6,8-9,15H,2,7,10H2,1H3. The molecule has 0 bridgehead atoms. The van der Waals surface area contributed by atoms with Gasteiger partial charge in [-0.2, -0.15) is 4.39 Å². The van der Waals surface area contributed by atoms with Gasteiger partial charge >= 0.3 is 0 Å². The van der Waals surface area contributed by atoms with E-state index in [1.807, 2.05) is 6.07 Å². The van der Waals surface area contributed by atoms with Gasteiger partial charge < -0.3 is 9.88 Å². The molecule has 2 heterocycles. The van der Waals surface area contributed by atoms with Crippen molar-refractivity contribution in [3.63, 3.8) is 0 Å². The van der Waals surface area contributed by atoms with Crippen LogP contribution in [0.3, 0.4) is 0 Å². The Morgan fingerprint density at radius 3 is 2.94 bits per heavy atom. The van der Waals surface area contributed by atoms with Crippen LogP contribution in [0, 0.1) is 5.95 Å². The molecule has 0 saturated heterocycles. The van der Waals surface area contributed by atoms with E-state index in [0.717, 1.165) is 25.2 Å². The van der Waals surface area contributed by atoms with Gasteiger partial charge in [-0.05, 0) is 30.7 Å². The van der Waals surface area contributed by atoms with Crippen LogP contribution in [0.15, 0.2) is 36.7 Å². The normalized spacial score (nSPS) is 10.5. The molecule has 3 nitrogen and oxygen atoms in total. The van der Waals surface area contributed by atoms with Crippen molar-refractivity contribution in [1.82, 2.24) is 9.55 Å². The van der Waals surface area contributed by atoms with Gasteiger partial charge in [0.2, 0.25) is 5.95 Å². The highest BCUT2D eigenvalue weighted by Crippen LogP contribution is 2.09. The molecule has 2 aromatic rings. The molecule has 2 rings (SSSR count). The first kappa shape index (κ1) is 11.6. The monoisotopic (exact) mass is 233 g/mol. The Morgan fingerprint density at radius 2 is 2.24 bits per heavy atom. The number of nitrogens with zero attached hydrogens (tertiary/aromatic N) is 2. The van der Waals surface area contributed by atoms with Gasteiger partial charge in [0, 0.05) is 18.4 Å². The molecule has 17 heavy (non-hydrogen) atoms. The van der Waals surface area contributed by atoms with Crippen molar-refractivity contribution in [3.8, 4) is 0 Å². The van der Waals surface area contributed by atoms with Crippen molar-refractivity contribution in [1.29, 1.82) is 0 Å². The molecular formula is C13H16FN3. The third-order valence-corrected chi connectivity index (χ3v) is 2.59. The lowest BCUT2D eigenvalue weighted by molar-refractivity contribution is 0.584. The third-order valence-electron chi connectivity index (χ3n) is 2.59. The molecule has 0 aliphatic carbocycles. The van der Waals surface area contributed by atoms with Crippen LogP contribution < -0.4 is 5.32 Å². The summed E-state index contributed by atoms with van der Waals surface area (Å²) in [7, 11) is 0. The summed E-state index contributed by atoms with van der Waals surface area (Å²) in [6, 6.07) is 7.16. The molecule has 0 aromatic carbocycles. The van der Waals surface area contributed by atoms with E-state index >= 15 is 0 Å². The molecule has 0 aliphatic heterocycles.